The number of hydrogen-bond acceptors (Lipinski definition) is 6. The van der Waals surface area contributed by atoms with E-state index >= 15 is 0 Å². The average Bonchev–Trinajstić information content (AvgIpc) is 3.97. The van der Waals surface area contributed by atoms with Gasteiger partial charge in [0.15, 0.2) is 0 Å². The number of ether oxygens (including phenoxy) is 3. The van der Waals surface area contributed by atoms with Gasteiger partial charge in [-0.1, -0.05) is 45.2 Å². The summed E-state index contributed by atoms with van der Waals surface area (Å²) in [5.41, 5.74) is 8.28. The molecule has 0 bridgehead atoms. The van der Waals surface area contributed by atoms with Crippen molar-refractivity contribution in [1.29, 1.82) is 0 Å². The van der Waals surface area contributed by atoms with Gasteiger partial charge in [0.1, 0.15) is 28.9 Å². The van der Waals surface area contributed by atoms with Crippen LogP contribution < -0.4 is 19.5 Å². The molecule has 6 aromatic rings. The van der Waals surface area contributed by atoms with Gasteiger partial charge in [-0.05, 0) is 68.3 Å². The molecule has 0 saturated carbocycles. The average molecular weight is 657 g/mol. The molecular formula is C40H44N6O3. The zero-order valence-electron chi connectivity index (χ0n) is 28.7. The van der Waals surface area contributed by atoms with Crippen molar-refractivity contribution in [2.75, 3.05) is 20.8 Å². The molecule has 3 N–H and O–H groups in total. The van der Waals surface area contributed by atoms with Gasteiger partial charge in [0.25, 0.3) is 0 Å². The Bertz CT molecular complexity index is 2080. The van der Waals surface area contributed by atoms with E-state index < -0.39 is 6.23 Å². The SMILES string of the molecule is CCCCC[C@H](C)c1ncc(-c2ccc3c(c2)cc2n3[C@@H](c3cc(OC)cc(OC)c3)Oc3cc(-c4cnc([C@@H]5CCCN5)[nH]4)ccc3-2)[nH]1. The molecule has 0 amide bonds. The second kappa shape index (κ2) is 13.1. The van der Waals surface area contributed by atoms with E-state index in [1.165, 1.54) is 25.7 Å². The van der Waals surface area contributed by atoms with E-state index in [0.717, 1.165) is 87.0 Å². The maximum absolute atomic E-state index is 6.95. The number of nitrogens with zero attached hydrogens (tertiary/aromatic N) is 3. The number of unbranched alkanes of at least 4 members (excludes halogenated alkanes) is 2. The summed E-state index contributed by atoms with van der Waals surface area (Å²) >= 11 is 0. The lowest BCUT2D eigenvalue weighted by Crippen LogP contribution is -2.22. The summed E-state index contributed by atoms with van der Waals surface area (Å²) in [6, 6.07) is 21.5. The van der Waals surface area contributed by atoms with E-state index in [4.69, 9.17) is 24.2 Å². The van der Waals surface area contributed by atoms with E-state index in [-0.39, 0.29) is 6.04 Å². The number of fused-ring (bicyclic) bond motifs is 5. The summed E-state index contributed by atoms with van der Waals surface area (Å²) < 4.78 is 20.6. The Morgan fingerprint density at radius 1 is 0.898 bits per heavy atom. The van der Waals surface area contributed by atoms with E-state index in [0.29, 0.717) is 17.4 Å². The molecule has 49 heavy (non-hydrogen) atoms. The van der Waals surface area contributed by atoms with Crippen molar-refractivity contribution in [3.8, 4) is 51.0 Å². The van der Waals surface area contributed by atoms with Crippen LogP contribution in [0.15, 0.2) is 73.1 Å². The second-order valence-electron chi connectivity index (χ2n) is 13.4. The molecule has 8 rings (SSSR count). The van der Waals surface area contributed by atoms with Crippen LogP contribution in [0.1, 0.15) is 87.8 Å². The van der Waals surface area contributed by atoms with Crippen LogP contribution in [0, 0.1) is 0 Å². The number of H-pyrrole nitrogens is 2. The molecule has 2 aliphatic rings. The lowest BCUT2D eigenvalue weighted by molar-refractivity contribution is 0.172. The topological polar surface area (TPSA) is 102 Å². The number of hydrogen-bond donors (Lipinski definition) is 3. The summed E-state index contributed by atoms with van der Waals surface area (Å²) in [6.45, 7) is 5.53. The predicted molar refractivity (Wildman–Crippen MR) is 193 cm³/mol. The minimum absolute atomic E-state index is 0.276. The Kier molecular flexibility index (Phi) is 8.37. The molecule has 0 unspecified atom stereocenters. The zero-order chi connectivity index (χ0) is 33.5. The minimum atomic E-state index is -0.451. The highest BCUT2D eigenvalue weighted by molar-refractivity contribution is 5.92. The lowest BCUT2D eigenvalue weighted by atomic mass is 10.0. The van der Waals surface area contributed by atoms with Crippen molar-refractivity contribution >= 4 is 10.9 Å². The highest BCUT2D eigenvalue weighted by Crippen LogP contribution is 2.47. The maximum Gasteiger partial charge on any atom is 0.203 e. The van der Waals surface area contributed by atoms with Crippen molar-refractivity contribution in [2.45, 2.75) is 70.6 Å². The fourth-order valence-corrected chi connectivity index (χ4v) is 7.37. The number of aromatic amines is 2. The Labute approximate surface area is 287 Å². The summed E-state index contributed by atoms with van der Waals surface area (Å²) in [7, 11) is 3.35. The van der Waals surface area contributed by atoms with E-state index in [2.05, 4.69) is 76.2 Å². The highest BCUT2D eigenvalue weighted by atomic mass is 16.5. The fraction of sp³-hybridized carbons (Fsp3) is 0.350. The first kappa shape index (κ1) is 31.3. The van der Waals surface area contributed by atoms with Gasteiger partial charge in [-0.25, -0.2) is 9.97 Å². The van der Waals surface area contributed by atoms with Crippen LogP contribution in [0.3, 0.4) is 0 Å². The molecule has 2 aliphatic heterocycles. The first-order valence-electron chi connectivity index (χ1n) is 17.6. The van der Waals surface area contributed by atoms with Gasteiger partial charge >= 0.3 is 0 Å². The molecule has 3 atom stereocenters. The molecule has 1 saturated heterocycles. The number of nitrogens with one attached hydrogen (secondary N) is 3. The first-order chi connectivity index (χ1) is 24.0. The summed E-state index contributed by atoms with van der Waals surface area (Å²) in [6.07, 6.45) is 10.6. The zero-order valence-corrected chi connectivity index (χ0v) is 28.7. The Morgan fingerprint density at radius 3 is 2.45 bits per heavy atom. The summed E-state index contributed by atoms with van der Waals surface area (Å²) in [5.74, 6) is 4.67. The van der Waals surface area contributed by atoms with Crippen molar-refractivity contribution in [3.63, 3.8) is 0 Å². The predicted octanol–water partition coefficient (Wildman–Crippen LogP) is 9.15. The monoisotopic (exact) mass is 656 g/mol. The number of aromatic nitrogens is 5. The fourth-order valence-electron chi connectivity index (χ4n) is 7.37. The maximum atomic E-state index is 6.95. The van der Waals surface area contributed by atoms with Crippen LogP contribution in [0.25, 0.3) is 44.7 Å². The third kappa shape index (κ3) is 5.86. The normalized spacial score (nSPS) is 17.5. The Balaban J connectivity index is 1.20. The number of rotatable bonds is 11. The van der Waals surface area contributed by atoms with Crippen molar-refractivity contribution < 1.29 is 14.2 Å². The second-order valence-corrected chi connectivity index (χ2v) is 13.4. The van der Waals surface area contributed by atoms with Gasteiger partial charge in [-0.15, -0.1) is 0 Å². The summed E-state index contributed by atoms with van der Waals surface area (Å²) in [5, 5.41) is 4.66. The van der Waals surface area contributed by atoms with E-state index in [1.807, 2.05) is 30.6 Å². The first-order valence-corrected chi connectivity index (χ1v) is 17.6. The quantitative estimate of drug-likeness (QED) is 0.120. The number of imidazole rings is 2. The van der Waals surface area contributed by atoms with Crippen molar-refractivity contribution in [3.05, 3.63) is 90.3 Å². The van der Waals surface area contributed by atoms with Gasteiger partial charge < -0.3 is 34.1 Å². The molecular weight excluding hydrogens is 612 g/mol. The largest absolute Gasteiger partial charge is 0.497 e. The third-order valence-electron chi connectivity index (χ3n) is 10.1. The number of methoxy groups -OCH3 is 2. The Morgan fingerprint density at radius 2 is 1.67 bits per heavy atom. The number of benzene rings is 3. The minimum Gasteiger partial charge on any atom is -0.497 e. The van der Waals surface area contributed by atoms with Crippen molar-refractivity contribution in [1.82, 2.24) is 29.8 Å². The molecule has 0 aliphatic carbocycles. The van der Waals surface area contributed by atoms with Crippen LogP contribution in [0.2, 0.25) is 0 Å². The van der Waals surface area contributed by atoms with Crippen LogP contribution >= 0.6 is 0 Å². The van der Waals surface area contributed by atoms with E-state index in [9.17, 15) is 0 Å². The van der Waals surface area contributed by atoms with Gasteiger partial charge in [-0.2, -0.15) is 0 Å². The summed E-state index contributed by atoms with van der Waals surface area (Å²) in [4.78, 5) is 16.7. The smallest absolute Gasteiger partial charge is 0.203 e. The van der Waals surface area contributed by atoms with Crippen LogP contribution in [-0.2, 0) is 0 Å². The molecule has 5 heterocycles. The van der Waals surface area contributed by atoms with E-state index in [1.54, 1.807) is 14.2 Å². The Hall–Kier alpha value is -5.02. The van der Waals surface area contributed by atoms with Crippen LogP contribution in [0.5, 0.6) is 17.2 Å². The standard InChI is InChI=1S/C40H44N6O3/c1-5-6-7-9-24(2)38-42-22-33(44-38)25-12-14-35-27(16-25)19-36-31-13-11-26(34-23-43-39(45-34)32-10-8-15-41-32)20-37(31)49-40(46(35)36)28-17-29(47-3)21-30(18-28)48-4/h11-14,16-24,32,40-41H,5-10,15H2,1-4H3,(H,42,44)(H,43,45)/t24-,32-,40+/m0/s1. The molecule has 0 spiro atoms. The highest BCUT2D eigenvalue weighted by Gasteiger charge is 2.31. The van der Waals surface area contributed by atoms with Crippen LogP contribution in [0.4, 0.5) is 0 Å². The molecule has 1 fully saturated rings. The van der Waals surface area contributed by atoms with Gasteiger partial charge in [-0.3, -0.25) is 0 Å². The van der Waals surface area contributed by atoms with Gasteiger partial charge in [0.05, 0.1) is 55.3 Å². The van der Waals surface area contributed by atoms with Gasteiger partial charge in [0, 0.05) is 39.6 Å². The molecule has 9 nitrogen and oxygen atoms in total. The third-order valence-corrected chi connectivity index (χ3v) is 10.1. The lowest BCUT2D eigenvalue weighted by Gasteiger charge is -2.31. The van der Waals surface area contributed by atoms with Crippen LogP contribution in [-0.4, -0.2) is 45.3 Å². The molecule has 3 aromatic carbocycles. The molecule has 9 heteroatoms. The van der Waals surface area contributed by atoms with Gasteiger partial charge in [0.2, 0.25) is 6.23 Å². The molecule has 3 aromatic heterocycles. The molecule has 252 valence electrons. The van der Waals surface area contributed by atoms with Crippen molar-refractivity contribution in [2.24, 2.45) is 0 Å². The molecule has 0 radical (unpaired) electrons.